The van der Waals surface area contributed by atoms with Crippen LogP contribution in [0.15, 0.2) is 48.5 Å². The maximum atomic E-state index is 12.3. The summed E-state index contributed by atoms with van der Waals surface area (Å²) in [5, 5.41) is 3.70. The van der Waals surface area contributed by atoms with Gasteiger partial charge in [-0.1, -0.05) is 36.4 Å². The third-order valence-electron chi connectivity index (χ3n) is 4.13. The largest absolute Gasteiger partial charge is 0.464 e. The average molecular weight is 318 g/mol. The van der Waals surface area contributed by atoms with Gasteiger partial charge in [0.25, 0.3) is 5.91 Å². The molecule has 2 heterocycles. The molecule has 0 aliphatic carbocycles. The van der Waals surface area contributed by atoms with Gasteiger partial charge in [-0.25, -0.2) is 4.79 Å². The molecule has 1 amide bonds. The molecule has 0 atom stereocenters. The second-order valence-electron chi connectivity index (χ2n) is 5.51. The molecule has 1 aliphatic rings. The van der Waals surface area contributed by atoms with Crippen molar-refractivity contribution in [1.29, 1.82) is 0 Å². The maximum absolute atomic E-state index is 12.3. The molecule has 0 spiro atoms. The molecule has 24 heavy (non-hydrogen) atoms. The van der Waals surface area contributed by atoms with Gasteiger partial charge < -0.3 is 15.0 Å². The summed E-state index contributed by atoms with van der Waals surface area (Å²) in [5.41, 5.74) is 3.93. The van der Waals surface area contributed by atoms with E-state index in [4.69, 9.17) is 4.74 Å². The first-order chi connectivity index (χ1) is 11.7. The van der Waals surface area contributed by atoms with Crippen LogP contribution >= 0.6 is 0 Å². The Hall–Kier alpha value is -3.34. The molecule has 0 fully saturated rings. The molecule has 5 nitrogen and oxygen atoms in total. The van der Waals surface area contributed by atoms with Gasteiger partial charge in [0.1, 0.15) is 5.69 Å². The number of ether oxygens (including phenoxy) is 1. The van der Waals surface area contributed by atoms with Crippen molar-refractivity contribution in [3.8, 4) is 0 Å². The Morgan fingerprint density at radius 1 is 1.08 bits per heavy atom. The number of hydrogen-bond acceptors (Lipinski definition) is 3. The zero-order valence-electron chi connectivity index (χ0n) is 12.9. The minimum Gasteiger partial charge on any atom is -0.464 e. The fraction of sp³-hybridized carbons (Fsp3) is 0.0526. The number of para-hydroxylation sites is 2. The first kappa shape index (κ1) is 14.3. The lowest BCUT2D eigenvalue weighted by atomic mass is 10.0. The first-order valence-corrected chi connectivity index (χ1v) is 7.50. The van der Waals surface area contributed by atoms with Crippen LogP contribution in [-0.4, -0.2) is 24.0 Å². The van der Waals surface area contributed by atoms with Crippen LogP contribution in [0.3, 0.4) is 0 Å². The van der Waals surface area contributed by atoms with Crippen LogP contribution in [0.5, 0.6) is 0 Å². The summed E-state index contributed by atoms with van der Waals surface area (Å²) in [5.74, 6) is -0.651. The Kier molecular flexibility index (Phi) is 3.20. The predicted octanol–water partition coefficient (Wildman–Crippen LogP) is 3.45. The van der Waals surface area contributed by atoms with E-state index in [1.54, 1.807) is 6.08 Å². The Morgan fingerprint density at radius 2 is 1.83 bits per heavy atom. The molecule has 2 aromatic carbocycles. The quantitative estimate of drug-likeness (QED) is 0.561. The molecular weight excluding hydrogens is 304 g/mol. The van der Waals surface area contributed by atoms with Crippen LogP contribution in [0, 0.1) is 0 Å². The molecule has 1 aromatic heterocycles. The number of H-pyrrole nitrogens is 1. The standard InChI is InChI=1S/C19H14N2O3/c1-24-19(23)17-13(11-6-2-4-8-15(11)20-17)10-14-12-7-3-5-9-16(12)21-18(14)22/h2-10,20H,1H3,(H,21,22). The van der Waals surface area contributed by atoms with Gasteiger partial charge >= 0.3 is 5.97 Å². The number of benzene rings is 2. The number of carbonyl (C=O) groups excluding carboxylic acids is 2. The molecule has 0 radical (unpaired) electrons. The molecule has 0 bridgehead atoms. The number of hydrogen-bond donors (Lipinski definition) is 2. The van der Waals surface area contributed by atoms with Crippen molar-refractivity contribution in [1.82, 2.24) is 4.98 Å². The Morgan fingerprint density at radius 3 is 2.67 bits per heavy atom. The summed E-state index contributed by atoms with van der Waals surface area (Å²) in [4.78, 5) is 27.5. The van der Waals surface area contributed by atoms with Gasteiger partial charge in [0.05, 0.1) is 7.11 Å². The predicted molar refractivity (Wildman–Crippen MR) is 92.6 cm³/mol. The number of amides is 1. The number of fused-ring (bicyclic) bond motifs is 2. The normalized spacial score (nSPS) is 14.7. The van der Waals surface area contributed by atoms with Crippen LogP contribution in [0.25, 0.3) is 22.6 Å². The third kappa shape index (κ3) is 2.10. The van der Waals surface area contributed by atoms with E-state index in [-0.39, 0.29) is 5.91 Å². The van der Waals surface area contributed by atoms with Crippen molar-refractivity contribution in [3.05, 3.63) is 65.4 Å². The van der Waals surface area contributed by atoms with Gasteiger partial charge in [0.15, 0.2) is 0 Å². The summed E-state index contributed by atoms with van der Waals surface area (Å²) >= 11 is 0. The van der Waals surface area contributed by atoms with Crippen LogP contribution in [0.2, 0.25) is 0 Å². The number of anilines is 1. The van der Waals surface area contributed by atoms with Crippen molar-refractivity contribution in [2.24, 2.45) is 0 Å². The minimum atomic E-state index is -0.468. The highest BCUT2D eigenvalue weighted by Gasteiger charge is 2.25. The monoisotopic (exact) mass is 318 g/mol. The van der Waals surface area contributed by atoms with Gasteiger partial charge in [0, 0.05) is 33.3 Å². The highest BCUT2D eigenvalue weighted by atomic mass is 16.5. The lowest BCUT2D eigenvalue weighted by Crippen LogP contribution is -2.05. The first-order valence-electron chi connectivity index (χ1n) is 7.50. The van der Waals surface area contributed by atoms with Gasteiger partial charge in [-0.15, -0.1) is 0 Å². The summed E-state index contributed by atoms with van der Waals surface area (Å²) in [6, 6.07) is 15.0. The number of methoxy groups -OCH3 is 1. The topological polar surface area (TPSA) is 71.2 Å². The molecule has 1 aliphatic heterocycles. The number of esters is 1. The molecule has 3 aromatic rings. The van der Waals surface area contributed by atoms with Crippen LogP contribution in [-0.2, 0) is 9.53 Å². The van der Waals surface area contributed by atoms with Crippen molar-refractivity contribution < 1.29 is 14.3 Å². The number of rotatable bonds is 2. The number of nitrogens with one attached hydrogen (secondary N) is 2. The summed E-state index contributed by atoms with van der Waals surface area (Å²) in [6.45, 7) is 0. The Labute approximate surface area is 137 Å². The fourth-order valence-corrected chi connectivity index (χ4v) is 3.00. The van der Waals surface area contributed by atoms with E-state index in [2.05, 4.69) is 10.3 Å². The van der Waals surface area contributed by atoms with Crippen molar-refractivity contribution in [3.63, 3.8) is 0 Å². The van der Waals surface area contributed by atoms with Gasteiger partial charge in [-0.3, -0.25) is 4.79 Å². The molecule has 4 rings (SSSR count). The molecular formula is C19H14N2O3. The van der Waals surface area contributed by atoms with E-state index in [0.29, 0.717) is 16.8 Å². The molecule has 0 saturated heterocycles. The lowest BCUT2D eigenvalue weighted by Gasteiger charge is -2.01. The fourth-order valence-electron chi connectivity index (χ4n) is 3.00. The van der Waals surface area contributed by atoms with E-state index < -0.39 is 5.97 Å². The van der Waals surface area contributed by atoms with E-state index in [0.717, 1.165) is 22.2 Å². The third-order valence-corrected chi connectivity index (χ3v) is 4.13. The van der Waals surface area contributed by atoms with Gasteiger partial charge in [-0.05, 0) is 18.2 Å². The number of carbonyl (C=O) groups is 2. The molecule has 118 valence electrons. The van der Waals surface area contributed by atoms with Crippen LogP contribution < -0.4 is 5.32 Å². The number of aromatic nitrogens is 1. The summed E-state index contributed by atoms with van der Waals surface area (Å²) < 4.78 is 4.87. The van der Waals surface area contributed by atoms with Crippen molar-refractivity contribution >= 4 is 40.1 Å². The maximum Gasteiger partial charge on any atom is 0.355 e. The molecule has 5 heteroatoms. The summed E-state index contributed by atoms with van der Waals surface area (Å²) in [7, 11) is 1.34. The lowest BCUT2D eigenvalue weighted by molar-refractivity contribution is -0.110. The second kappa shape index (κ2) is 5.38. The summed E-state index contributed by atoms with van der Waals surface area (Å²) in [6.07, 6.45) is 1.74. The van der Waals surface area contributed by atoms with Gasteiger partial charge in [0.2, 0.25) is 0 Å². The van der Waals surface area contributed by atoms with E-state index in [1.165, 1.54) is 7.11 Å². The van der Waals surface area contributed by atoms with Crippen molar-refractivity contribution in [2.45, 2.75) is 0 Å². The smallest absolute Gasteiger partial charge is 0.355 e. The Bertz CT molecular complexity index is 1010. The van der Waals surface area contributed by atoms with E-state index >= 15 is 0 Å². The zero-order valence-corrected chi connectivity index (χ0v) is 12.9. The SMILES string of the molecule is COC(=O)c1[nH]c2ccccc2c1C=C1C(=O)Nc2ccccc21. The van der Waals surface area contributed by atoms with Crippen LogP contribution in [0.4, 0.5) is 5.69 Å². The highest BCUT2D eigenvalue weighted by Crippen LogP contribution is 2.35. The zero-order chi connectivity index (χ0) is 16.7. The van der Waals surface area contributed by atoms with E-state index in [9.17, 15) is 9.59 Å². The number of aromatic amines is 1. The average Bonchev–Trinajstić information content (AvgIpc) is 3.13. The second-order valence-corrected chi connectivity index (χ2v) is 5.51. The Balaban J connectivity index is 1.97. The molecule has 2 N–H and O–H groups in total. The highest BCUT2D eigenvalue weighted by molar-refractivity contribution is 6.35. The van der Waals surface area contributed by atoms with Crippen LogP contribution in [0.1, 0.15) is 21.6 Å². The van der Waals surface area contributed by atoms with Gasteiger partial charge in [-0.2, -0.15) is 0 Å². The molecule has 0 saturated carbocycles. The minimum absolute atomic E-state index is 0.183. The molecule has 0 unspecified atom stereocenters. The van der Waals surface area contributed by atoms with Crippen molar-refractivity contribution in [2.75, 3.05) is 12.4 Å². The van der Waals surface area contributed by atoms with E-state index in [1.807, 2.05) is 48.5 Å².